The van der Waals surface area contributed by atoms with Crippen LogP contribution in [0.3, 0.4) is 0 Å². The Hall–Kier alpha value is -1.35. The van der Waals surface area contributed by atoms with E-state index in [2.05, 4.69) is 12.2 Å². The Kier molecular flexibility index (Phi) is 4.37. The quantitative estimate of drug-likeness (QED) is 0.838. The first-order chi connectivity index (χ1) is 8.68. The van der Waals surface area contributed by atoms with Gasteiger partial charge in [-0.05, 0) is 37.3 Å². The Morgan fingerprint density at radius 2 is 2.06 bits per heavy atom. The van der Waals surface area contributed by atoms with Crippen LogP contribution >= 0.6 is 0 Å². The SMILES string of the molecule is C[C@H](NCc1ccccc1C(N)=O)C1CCCC1. The first kappa shape index (κ1) is 13.1. The minimum atomic E-state index is -0.346. The van der Waals surface area contributed by atoms with Gasteiger partial charge >= 0.3 is 0 Å². The van der Waals surface area contributed by atoms with Crippen molar-refractivity contribution in [3.05, 3.63) is 35.4 Å². The number of benzene rings is 1. The third-order valence-electron chi connectivity index (χ3n) is 4.00. The van der Waals surface area contributed by atoms with E-state index in [4.69, 9.17) is 5.73 Å². The van der Waals surface area contributed by atoms with E-state index in [9.17, 15) is 4.79 Å². The summed E-state index contributed by atoms with van der Waals surface area (Å²) in [5.74, 6) is 0.437. The Morgan fingerprint density at radius 1 is 1.39 bits per heavy atom. The van der Waals surface area contributed by atoms with Crippen molar-refractivity contribution in [2.24, 2.45) is 11.7 Å². The van der Waals surface area contributed by atoms with E-state index in [0.29, 0.717) is 11.6 Å². The molecule has 3 N–H and O–H groups in total. The maximum Gasteiger partial charge on any atom is 0.249 e. The normalized spacial score (nSPS) is 17.8. The molecule has 1 amide bonds. The molecule has 18 heavy (non-hydrogen) atoms. The second-order valence-corrected chi connectivity index (χ2v) is 5.24. The Bertz CT molecular complexity index is 411. The molecule has 1 aromatic carbocycles. The van der Waals surface area contributed by atoms with Crippen LogP contribution in [0.25, 0.3) is 0 Å². The summed E-state index contributed by atoms with van der Waals surface area (Å²) in [6.45, 7) is 2.96. The molecule has 0 unspecified atom stereocenters. The number of hydrogen-bond acceptors (Lipinski definition) is 2. The third kappa shape index (κ3) is 3.10. The third-order valence-corrected chi connectivity index (χ3v) is 4.00. The molecule has 0 heterocycles. The molecule has 1 fully saturated rings. The van der Waals surface area contributed by atoms with E-state index in [1.807, 2.05) is 18.2 Å². The van der Waals surface area contributed by atoms with Gasteiger partial charge in [0.05, 0.1) is 0 Å². The molecule has 1 aliphatic rings. The van der Waals surface area contributed by atoms with Crippen molar-refractivity contribution < 1.29 is 4.79 Å². The molecule has 1 aromatic rings. The number of rotatable bonds is 5. The minimum Gasteiger partial charge on any atom is -0.366 e. The summed E-state index contributed by atoms with van der Waals surface area (Å²) in [4.78, 5) is 11.3. The lowest BCUT2D eigenvalue weighted by Gasteiger charge is -2.21. The first-order valence-electron chi connectivity index (χ1n) is 6.79. The largest absolute Gasteiger partial charge is 0.366 e. The Morgan fingerprint density at radius 3 is 2.72 bits per heavy atom. The van der Waals surface area contributed by atoms with Gasteiger partial charge in [0.15, 0.2) is 0 Å². The molecule has 0 spiro atoms. The van der Waals surface area contributed by atoms with Gasteiger partial charge in [0.25, 0.3) is 0 Å². The Labute approximate surface area is 109 Å². The summed E-state index contributed by atoms with van der Waals surface area (Å²) >= 11 is 0. The zero-order chi connectivity index (χ0) is 13.0. The molecular weight excluding hydrogens is 224 g/mol. The number of primary amides is 1. The predicted octanol–water partition coefficient (Wildman–Crippen LogP) is 2.45. The molecule has 3 heteroatoms. The van der Waals surface area contributed by atoms with Crippen molar-refractivity contribution in [3.63, 3.8) is 0 Å². The van der Waals surface area contributed by atoms with Crippen LogP contribution in [-0.4, -0.2) is 11.9 Å². The number of hydrogen-bond donors (Lipinski definition) is 2. The van der Waals surface area contributed by atoms with Gasteiger partial charge in [-0.15, -0.1) is 0 Å². The van der Waals surface area contributed by atoms with E-state index in [1.165, 1.54) is 25.7 Å². The van der Waals surface area contributed by atoms with Gasteiger partial charge in [-0.3, -0.25) is 4.79 Å². The number of nitrogens with one attached hydrogen (secondary N) is 1. The second-order valence-electron chi connectivity index (χ2n) is 5.24. The molecule has 3 nitrogen and oxygen atoms in total. The average Bonchev–Trinajstić information content (AvgIpc) is 2.90. The second kappa shape index (κ2) is 6.01. The zero-order valence-corrected chi connectivity index (χ0v) is 11.0. The van der Waals surface area contributed by atoms with Gasteiger partial charge in [-0.1, -0.05) is 31.0 Å². The molecule has 1 aliphatic carbocycles. The lowest BCUT2D eigenvalue weighted by molar-refractivity contribution is 0.0999. The fraction of sp³-hybridized carbons (Fsp3) is 0.533. The fourth-order valence-corrected chi connectivity index (χ4v) is 2.81. The fourth-order valence-electron chi connectivity index (χ4n) is 2.81. The summed E-state index contributed by atoms with van der Waals surface area (Å²) in [6, 6.07) is 8.07. The lowest BCUT2D eigenvalue weighted by Crippen LogP contribution is -2.32. The number of amides is 1. The zero-order valence-electron chi connectivity index (χ0n) is 11.0. The van der Waals surface area contributed by atoms with E-state index in [0.717, 1.165) is 18.0 Å². The maximum atomic E-state index is 11.3. The van der Waals surface area contributed by atoms with Gasteiger partial charge in [0.1, 0.15) is 0 Å². The topological polar surface area (TPSA) is 55.1 Å². The van der Waals surface area contributed by atoms with Gasteiger partial charge in [-0.25, -0.2) is 0 Å². The molecule has 1 atom stereocenters. The number of carbonyl (C=O) groups excluding carboxylic acids is 1. The number of nitrogens with two attached hydrogens (primary N) is 1. The van der Waals surface area contributed by atoms with Crippen LogP contribution < -0.4 is 11.1 Å². The molecule has 0 bridgehead atoms. The highest BCUT2D eigenvalue weighted by Crippen LogP contribution is 2.27. The summed E-state index contributed by atoms with van der Waals surface area (Å²) < 4.78 is 0. The van der Waals surface area contributed by atoms with Crippen LogP contribution in [0.2, 0.25) is 0 Å². The summed E-state index contributed by atoms with van der Waals surface area (Å²) in [6.07, 6.45) is 5.36. The van der Waals surface area contributed by atoms with E-state index in [1.54, 1.807) is 6.07 Å². The van der Waals surface area contributed by atoms with Crippen molar-refractivity contribution in [2.75, 3.05) is 0 Å². The summed E-state index contributed by atoms with van der Waals surface area (Å²) in [5, 5.41) is 3.53. The molecule has 0 radical (unpaired) electrons. The highest BCUT2D eigenvalue weighted by atomic mass is 16.1. The van der Waals surface area contributed by atoms with Crippen LogP contribution in [0.1, 0.15) is 48.5 Å². The summed E-state index contributed by atoms with van der Waals surface area (Å²) in [5.41, 5.74) is 7.00. The molecule has 2 rings (SSSR count). The van der Waals surface area contributed by atoms with Gasteiger partial charge in [0.2, 0.25) is 5.91 Å². The van der Waals surface area contributed by atoms with Crippen LogP contribution in [0.4, 0.5) is 0 Å². The van der Waals surface area contributed by atoms with Crippen molar-refractivity contribution in [1.82, 2.24) is 5.32 Å². The van der Waals surface area contributed by atoms with Crippen LogP contribution in [-0.2, 0) is 6.54 Å². The van der Waals surface area contributed by atoms with Crippen molar-refractivity contribution in [3.8, 4) is 0 Å². The van der Waals surface area contributed by atoms with Crippen LogP contribution in [0.5, 0.6) is 0 Å². The molecule has 0 aromatic heterocycles. The molecule has 1 saturated carbocycles. The first-order valence-corrected chi connectivity index (χ1v) is 6.79. The molecule has 0 saturated heterocycles. The van der Waals surface area contributed by atoms with Crippen molar-refractivity contribution >= 4 is 5.91 Å². The van der Waals surface area contributed by atoms with Crippen LogP contribution in [0, 0.1) is 5.92 Å². The Balaban J connectivity index is 1.95. The van der Waals surface area contributed by atoms with Crippen LogP contribution in [0.15, 0.2) is 24.3 Å². The smallest absolute Gasteiger partial charge is 0.249 e. The highest BCUT2D eigenvalue weighted by Gasteiger charge is 2.21. The van der Waals surface area contributed by atoms with Crippen molar-refractivity contribution in [1.29, 1.82) is 0 Å². The lowest BCUT2D eigenvalue weighted by atomic mass is 9.99. The van der Waals surface area contributed by atoms with Gasteiger partial charge < -0.3 is 11.1 Å². The predicted molar refractivity (Wildman–Crippen MR) is 73.2 cm³/mol. The van der Waals surface area contributed by atoms with E-state index >= 15 is 0 Å². The monoisotopic (exact) mass is 246 g/mol. The highest BCUT2D eigenvalue weighted by molar-refractivity contribution is 5.94. The summed E-state index contributed by atoms with van der Waals surface area (Å²) in [7, 11) is 0. The standard InChI is InChI=1S/C15H22N2O/c1-11(12-6-2-3-7-12)17-10-13-8-4-5-9-14(13)15(16)18/h4-5,8-9,11-12,17H,2-3,6-7,10H2,1H3,(H2,16,18)/t11-/m0/s1. The maximum absolute atomic E-state index is 11.3. The number of carbonyl (C=O) groups is 1. The minimum absolute atomic E-state index is 0.346. The van der Waals surface area contributed by atoms with E-state index < -0.39 is 0 Å². The van der Waals surface area contributed by atoms with Gasteiger partial charge in [-0.2, -0.15) is 0 Å². The molecular formula is C15H22N2O. The van der Waals surface area contributed by atoms with Crippen molar-refractivity contribution in [2.45, 2.75) is 45.2 Å². The molecule has 0 aliphatic heterocycles. The van der Waals surface area contributed by atoms with Gasteiger partial charge in [0, 0.05) is 18.2 Å². The molecule has 98 valence electrons. The van der Waals surface area contributed by atoms with E-state index in [-0.39, 0.29) is 5.91 Å². The average molecular weight is 246 g/mol.